The van der Waals surface area contributed by atoms with E-state index in [1.165, 1.54) is 27.6 Å². The molecule has 3 aromatic heterocycles. The largest absolute Gasteiger partial charge is 0.231 e. The molecule has 0 atom stereocenters. The summed E-state index contributed by atoms with van der Waals surface area (Å²) >= 11 is 0. The molecule has 0 fully saturated rings. The molecule has 0 radical (unpaired) electrons. The van der Waals surface area contributed by atoms with Gasteiger partial charge in [0.1, 0.15) is 5.69 Å². The highest BCUT2D eigenvalue weighted by Crippen LogP contribution is 2.49. The van der Waals surface area contributed by atoms with Crippen molar-refractivity contribution >= 4 is 16.3 Å². The van der Waals surface area contributed by atoms with Gasteiger partial charge in [0.25, 0.3) is 0 Å². The topological polar surface area (TPSA) is 43.1 Å². The number of hydrogen-bond acceptors (Lipinski definition) is 3. The predicted octanol–water partition coefficient (Wildman–Crippen LogP) is 13.6. The first-order chi connectivity index (χ1) is 28.5. The van der Waals surface area contributed by atoms with Crippen molar-refractivity contribution in [2.75, 3.05) is 0 Å². The Morgan fingerprint density at radius 1 is 0.431 bits per heavy atom. The summed E-state index contributed by atoms with van der Waals surface area (Å²) in [6.45, 7) is 4.64. The molecule has 7 aromatic carbocycles. The van der Waals surface area contributed by atoms with Crippen LogP contribution >= 0.6 is 0 Å². The minimum atomic E-state index is -0.111. The highest BCUT2D eigenvalue weighted by molar-refractivity contribution is 6.08. The molecule has 1 aliphatic rings. The number of fused-ring (bicyclic) bond motifs is 6. The Labute approximate surface area is 337 Å². The molecule has 3 heterocycles. The Morgan fingerprint density at radius 2 is 1.00 bits per heavy atom. The molecule has 1 aliphatic carbocycles. The molecule has 0 bridgehead atoms. The molecule has 4 heteroatoms. The Kier molecular flexibility index (Phi) is 7.80. The lowest BCUT2D eigenvalue weighted by Gasteiger charge is -2.22. The molecule has 0 aliphatic heterocycles. The van der Waals surface area contributed by atoms with Gasteiger partial charge in [-0.05, 0) is 51.4 Å². The third-order valence-corrected chi connectivity index (χ3v) is 11.8. The van der Waals surface area contributed by atoms with Crippen LogP contribution < -0.4 is 0 Å². The van der Waals surface area contributed by atoms with E-state index in [9.17, 15) is 0 Å². The van der Waals surface area contributed by atoms with E-state index in [4.69, 9.17) is 15.1 Å². The van der Waals surface area contributed by atoms with Crippen LogP contribution in [-0.4, -0.2) is 19.6 Å². The van der Waals surface area contributed by atoms with Gasteiger partial charge in [-0.2, -0.15) is 5.10 Å². The van der Waals surface area contributed by atoms with E-state index in [0.29, 0.717) is 5.82 Å². The van der Waals surface area contributed by atoms with Gasteiger partial charge < -0.3 is 0 Å². The van der Waals surface area contributed by atoms with Crippen molar-refractivity contribution in [3.05, 3.63) is 205 Å². The Balaban J connectivity index is 1.08. The zero-order valence-electron chi connectivity index (χ0n) is 32.3. The van der Waals surface area contributed by atoms with E-state index in [1.807, 2.05) is 18.2 Å². The minimum absolute atomic E-state index is 0.111. The molecule has 274 valence electrons. The third kappa shape index (κ3) is 5.48. The van der Waals surface area contributed by atoms with Crippen molar-refractivity contribution in [2.45, 2.75) is 19.3 Å². The van der Waals surface area contributed by atoms with Gasteiger partial charge in [-0.15, -0.1) is 0 Å². The van der Waals surface area contributed by atoms with Crippen LogP contribution in [-0.2, 0) is 5.41 Å². The molecule has 0 amide bonds. The molecule has 58 heavy (non-hydrogen) atoms. The summed E-state index contributed by atoms with van der Waals surface area (Å²) in [7, 11) is 0. The van der Waals surface area contributed by atoms with Gasteiger partial charge >= 0.3 is 0 Å². The third-order valence-electron chi connectivity index (χ3n) is 11.8. The molecule has 4 nitrogen and oxygen atoms in total. The Bertz CT molecular complexity index is 3160. The molecular weight excluding hydrogens is 705 g/mol. The minimum Gasteiger partial charge on any atom is -0.231 e. The second-order valence-corrected chi connectivity index (χ2v) is 15.7. The first-order valence-corrected chi connectivity index (χ1v) is 19.9. The highest BCUT2D eigenvalue weighted by atomic mass is 15.2. The van der Waals surface area contributed by atoms with Gasteiger partial charge in [0.15, 0.2) is 5.82 Å². The summed E-state index contributed by atoms with van der Waals surface area (Å²) in [5.74, 6) is 0.703. The van der Waals surface area contributed by atoms with E-state index in [-0.39, 0.29) is 5.41 Å². The predicted molar refractivity (Wildman–Crippen MR) is 238 cm³/mol. The Morgan fingerprint density at radius 3 is 1.74 bits per heavy atom. The average Bonchev–Trinajstić information content (AvgIpc) is 3.80. The first-order valence-electron chi connectivity index (χ1n) is 19.9. The molecule has 11 rings (SSSR count). The number of nitrogens with zero attached hydrogens (tertiary/aromatic N) is 4. The molecule has 0 unspecified atom stereocenters. The maximum absolute atomic E-state index is 5.40. The molecule has 0 saturated carbocycles. The number of rotatable bonds is 6. The van der Waals surface area contributed by atoms with Crippen molar-refractivity contribution in [1.82, 2.24) is 19.6 Å². The maximum Gasteiger partial charge on any atom is 0.160 e. The molecule has 0 spiro atoms. The van der Waals surface area contributed by atoms with Crippen LogP contribution in [0.1, 0.15) is 25.0 Å². The van der Waals surface area contributed by atoms with Crippen LogP contribution in [0.25, 0.3) is 95.0 Å². The van der Waals surface area contributed by atoms with E-state index in [2.05, 4.69) is 194 Å². The van der Waals surface area contributed by atoms with Crippen molar-refractivity contribution in [3.8, 4) is 78.7 Å². The van der Waals surface area contributed by atoms with Gasteiger partial charge in [0, 0.05) is 44.2 Å². The fraction of sp³-hybridized carbons (Fsp3) is 0.0556. The maximum atomic E-state index is 5.40. The SMILES string of the molecule is CC1(C)c2ccccc2-c2ccc(-c3cc(-c4ccc(-c5c(-c6ccccc6)nn6c(-c7ccccc7)cc7ccccc7c56)cc4)nc(-c4ccccc4)n3)cc21. The summed E-state index contributed by atoms with van der Waals surface area (Å²) in [5, 5.41) is 7.73. The lowest BCUT2D eigenvalue weighted by molar-refractivity contribution is 0.660. The molecule has 0 saturated heterocycles. The van der Waals surface area contributed by atoms with Crippen molar-refractivity contribution < 1.29 is 0 Å². The van der Waals surface area contributed by atoms with Gasteiger partial charge in [0.2, 0.25) is 0 Å². The summed E-state index contributed by atoms with van der Waals surface area (Å²) in [4.78, 5) is 10.4. The van der Waals surface area contributed by atoms with E-state index >= 15 is 0 Å². The zero-order valence-corrected chi connectivity index (χ0v) is 32.3. The highest BCUT2D eigenvalue weighted by Gasteiger charge is 2.35. The van der Waals surface area contributed by atoms with Crippen LogP contribution in [0.15, 0.2) is 194 Å². The average molecular weight is 743 g/mol. The number of pyridine rings is 1. The monoisotopic (exact) mass is 742 g/mol. The molecule has 10 aromatic rings. The van der Waals surface area contributed by atoms with Crippen LogP contribution in [0, 0.1) is 0 Å². The van der Waals surface area contributed by atoms with Crippen molar-refractivity contribution in [3.63, 3.8) is 0 Å². The zero-order chi connectivity index (χ0) is 38.8. The van der Waals surface area contributed by atoms with E-state index < -0.39 is 0 Å². The van der Waals surface area contributed by atoms with Crippen molar-refractivity contribution in [1.29, 1.82) is 0 Å². The van der Waals surface area contributed by atoms with Crippen molar-refractivity contribution in [2.24, 2.45) is 0 Å². The summed E-state index contributed by atoms with van der Waals surface area (Å²) in [6, 6.07) is 68.8. The number of benzene rings is 7. The fourth-order valence-electron chi connectivity index (χ4n) is 8.90. The van der Waals surface area contributed by atoms with Gasteiger partial charge in [-0.1, -0.05) is 190 Å². The van der Waals surface area contributed by atoms with Crippen LogP contribution in [0.5, 0.6) is 0 Å². The Hall–Kier alpha value is -7.43. The summed E-state index contributed by atoms with van der Waals surface area (Å²) in [6.07, 6.45) is 0. The summed E-state index contributed by atoms with van der Waals surface area (Å²) < 4.78 is 2.14. The van der Waals surface area contributed by atoms with E-state index in [0.717, 1.165) is 72.6 Å². The quantitative estimate of drug-likeness (QED) is 0.170. The fourth-order valence-corrected chi connectivity index (χ4v) is 8.90. The molecule has 0 N–H and O–H groups in total. The lowest BCUT2D eigenvalue weighted by Crippen LogP contribution is -2.14. The van der Waals surface area contributed by atoms with Gasteiger partial charge in [0.05, 0.1) is 22.6 Å². The first kappa shape index (κ1) is 33.9. The van der Waals surface area contributed by atoms with E-state index in [1.54, 1.807) is 0 Å². The van der Waals surface area contributed by atoms with Gasteiger partial charge in [-0.3, -0.25) is 0 Å². The molecular formula is C54H38N4. The standard InChI is InChI=1S/C54H38N4/c1-54(2)45-25-15-14-24-43(45)44-31-30-41(32-46(44)54)48-34-47(55-53(56-48)39-20-10-5-11-21-39)35-26-28-37(29-27-35)50-51(38-18-8-4-9-19-38)57-58-49(36-16-6-3-7-17-36)33-40-22-12-13-23-42(40)52(50)58/h3-34H,1-2H3. The number of aromatic nitrogens is 4. The normalized spacial score (nSPS) is 12.8. The summed E-state index contributed by atoms with van der Waals surface area (Å²) in [5.41, 5.74) is 17.5. The van der Waals surface area contributed by atoms with Crippen LogP contribution in [0.2, 0.25) is 0 Å². The second kappa shape index (κ2) is 13.4. The smallest absolute Gasteiger partial charge is 0.160 e. The lowest BCUT2D eigenvalue weighted by atomic mass is 9.82. The van der Waals surface area contributed by atoms with Gasteiger partial charge in [-0.25, -0.2) is 14.5 Å². The second-order valence-electron chi connectivity index (χ2n) is 15.7. The number of hydrogen-bond donors (Lipinski definition) is 0. The van der Waals surface area contributed by atoms with Crippen LogP contribution in [0.4, 0.5) is 0 Å². The van der Waals surface area contributed by atoms with Crippen LogP contribution in [0.3, 0.4) is 0 Å².